The summed E-state index contributed by atoms with van der Waals surface area (Å²) in [4.78, 5) is 8.51. The zero-order chi connectivity index (χ0) is 15.1. The minimum Gasteiger partial charge on any atom is -0.370 e. The lowest BCUT2D eigenvalue weighted by Crippen LogP contribution is -2.04. The lowest BCUT2D eigenvalue weighted by atomic mass is 10.2. The standard InChI is InChI=1S/C16H21BrN4/c1-3-4-5-8-18-15-10-16(20-11-19-15)21-14-7-6-13(17)9-12(14)2/h6-7,9-11H,3-5,8H2,1-2H3,(H2,18,19,20,21). The van der Waals surface area contributed by atoms with E-state index in [4.69, 9.17) is 0 Å². The smallest absolute Gasteiger partial charge is 0.135 e. The van der Waals surface area contributed by atoms with Gasteiger partial charge >= 0.3 is 0 Å². The number of anilines is 3. The molecule has 0 spiro atoms. The Balaban J connectivity index is 2.00. The van der Waals surface area contributed by atoms with Crippen molar-refractivity contribution in [2.24, 2.45) is 0 Å². The van der Waals surface area contributed by atoms with Gasteiger partial charge in [0, 0.05) is 22.8 Å². The van der Waals surface area contributed by atoms with Gasteiger partial charge in [-0.15, -0.1) is 0 Å². The quantitative estimate of drug-likeness (QED) is 0.699. The summed E-state index contributed by atoms with van der Waals surface area (Å²) in [6, 6.07) is 8.07. The van der Waals surface area contributed by atoms with E-state index in [0.717, 1.165) is 34.8 Å². The lowest BCUT2D eigenvalue weighted by molar-refractivity contribution is 0.742. The minimum absolute atomic E-state index is 0.799. The molecule has 1 aromatic carbocycles. The number of aryl methyl sites for hydroxylation is 1. The molecule has 5 heteroatoms. The molecule has 0 atom stereocenters. The zero-order valence-electron chi connectivity index (χ0n) is 12.5. The molecule has 2 aromatic rings. The van der Waals surface area contributed by atoms with E-state index in [1.807, 2.05) is 18.2 Å². The molecule has 0 unspecified atom stereocenters. The summed E-state index contributed by atoms with van der Waals surface area (Å²) in [5, 5.41) is 6.66. The molecule has 0 radical (unpaired) electrons. The highest BCUT2D eigenvalue weighted by atomic mass is 79.9. The average molecular weight is 349 g/mol. The van der Waals surface area contributed by atoms with Crippen LogP contribution in [-0.2, 0) is 0 Å². The topological polar surface area (TPSA) is 49.8 Å². The summed E-state index contributed by atoms with van der Waals surface area (Å²) in [5.41, 5.74) is 2.22. The number of unbranched alkanes of at least 4 members (excludes halogenated alkanes) is 2. The second kappa shape index (κ2) is 7.98. The molecule has 2 N–H and O–H groups in total. The van der Waals surface area contributed by atoms with Gasteiger partial charge in [-0.05, 0) is 37.1 Å². The summed E-state index contributed by atoms with van der Waals surface area (Å²) >= 11 is 3.47. The van der Waals surface area contributed by atoms with Gasteiger partial charge in [0.05, 0.1) is 0 Å². The van der Waals surface area contributed by atoms with Crippen molar-refractivity contribution in [3.05, 3.63) is 40.6 Å². The summed E-state index contributed by atoms with van der Waals surface area (Å²) in [6.45, 7) is 5.22. The van der Waals surface area contributed by atoms with Crippen LogP contribution in [0.4, 0.5) is 17.3 Å². The molecule has 21 heavy (non-hydrogen) atoms. The van der Waals surface area contributed by atoms with Crippen LogP contribution < -0.4 is 10.6 Å². The number of hydrogen-bond acceptors (Lipinski definition) is 4. The molecule has 4 nitrogen and oxygen atoms in total. The van der Waals surface area contributed by atoms with Crippen molar-refractivity contribution in [2.45, 2.75) is 33.1 Å². The van der Waals surface area contributed by atoms with Crippen LogP contribution in [0, 0.1) is 6.92 Å². The van der Waals surface area contributed by atoms with Crippen molar-refractivity contribution in [3.8, 4) is 0 Å². The first-order valence-electron chi connectivity index (χ1n) is 7.28. The Kier molecular flexibility index (Phi) is 5.99. The molecule has 112 valence electrons. The number of nitrogens with one attached hydrogen (secondary N) is 2. The average Bonchev–Trinajstić information content (AvgIpc) is 2.47. The third-order valence-electron chi connectivity index (χ3n) is 3.20. The Morgan fingerprint density at radius 2 is 1.90 bits per heavy atom. The Morgan fingerprint density at radius 3 is 2.67 bits per heavy atom. The third-order valence-corrected chi connectivity index (χ3v) is 3.70. The van der Waals surface area contributed by atoms with E-state index in [9.17, 15) is 0 Å². The largest absolute Gasteiger partial charge is 0.370 e. The molecule has 1 aromatic heterocycles. The first kappa shape index (κ1) is 15.8. The van der Waals surface area contributed by atoms with Gasteiger partial charge in [-0.1, -0.05) is 35.7 Å². The van der Waals surface area contributed by atoms with Crippen molar-refractivity contribution in [3.63, 3.8) is 0 Å². The number of benzene rings is 1. The maximum Gasteiger partial charge on any atom is 0.135 e. The molecule has 1 heterocycles. The van der Waals surface area contributed by atoms with Crippen molar-refractivity contribution < 1.29 is 0 Å². The monoisotopic (exact) mass is 348 g/mol. The molecule has 0 saturated heterocycles. The normalized spacial score (nSPS) is 10.4. The fourth-order valence-corrected chi connectivity index (χ4v) is 2.49. The molecule has 0 aliphatic carbocycles. The molecule has 0 aliphatic rings. The van der Waals surface area contributed by atoms with Gasteiger partial charge in [0.2, 0.25) is 0 Å². The van der Waals surface area contributed by atoms with Crippen molar-refractivity contribution in [2.75, 3.05) is 17.2 Å². The van der Waals surface area contributed by atoms with Crippen LogP contribution in [0.3, 0.4) is 0 Å². The Hall–Kier alpha value is -1.62. The zero-order valence-corrected chi connectivity index (χ0v) is 14.1. The van der Waals surface area contributed by atoms with E-state index < -0.39 is 0 Å². The van der Waals surface area contributed by atoms with Gasteiger partial charge in [0.1, 0.15) is 18.0 Å². The van der Waals surface area contributed by atoms with Crippen LogP contribution in [0.15, 0.2) is 35.1 Å². The van der Waals surface area contributed by atoms with Gasteiger partial charge in [-0.25, -0.2) is 9.97 Å². The predicted molar refractivity (Wildman–Crippen MR) is 92.2 cm³/mol. The fourth-order valence-electron chi connectivity index (χ4n) is 2.02. The number of rotatable bonds is 7. The van der Waals surface area contributed by atoms with E-state index in [-0.39, 0.29) is 0 Å². The van der Waals surface area contributed by atoms with E-state index in [2.05, 4.69) is 56.4 Å². The van der Waals surface area contributed by atoms with Crippen molar-refractivity contribution >= 4 is 33.3 Å². The molecule has 0 bridgehead atoms. The Bertz CT molecular complexity index is 586. The van der Waals surface area contributed by atoms with Crippen LogP contribution in [-0.4, -0.2) is 16.5 Å². The summed E-state index contributed by atoms with van der Waals surface area (Å²) in [5.74, 6) is 1.66. The summed E-state index contributed by atoms with van der Waals surface area (Å²) < 4.78 is 1.08. The highest BCUT2D eigenvalue weighted by molar-refractivity contribution is 9.10. The van der Waals surface area contributed by atoms with E-state index in [1.54, 1.807) is 6.33 Å². The number of nitrogens with zero attached hydrogens (tertiary/aromatic N) is 2. The number of halogens is 1. The van der Waals surface area contributed by atoms with Crippen LogP contribution in [0.1, 0.15) is 31.7 Å². The molecule has 2 rings (SSSR count). The second-order valence-corrected chi connectivity index (χ2v) is 5.92. The van der Waals surface area contributed by atoms with Crippen molar-refractivity contribution in [1.29, 1.82) is 0 Å². The summed E-state index contributed by atoms with van der Waals surface area (Å²) in [7, 11) is 0. The first-order valence-corrected chi connectivity index (χ1v) is 8.07. The minimum atomic E-state index is 0.799. The van der Waals surface area contributed by atoms with Gasteiger partial charge in [0.15, 0.2) is 0 Å². The Morgan fingerprint density at radius 1 is 1.10 bits per heavy atom. The lowest BCUT2D eigenvalue weighted by Gasteiger charge is -2.10. The third kappa shape index (κ3) is 5.01. The number of hydrogen-bond donors (Lipinski definition) is 2. The molecular formula is C16H21BrN4. The molecular weight excluding hydrogens is 328 g/mol. The molecule has 0 saturated carbocycles. The van der Waals surface area contributed by atoms with Crippen LogP contribution >= 0.6 is 15.9 Å². The van der Waals surface area contributed by atoms with Gasteiger partial charge in [0.25, 0.3) is 0 Å². The Labute approximate surface area is 134 Å². The van der Waals surface area contributed by atoms with Gasteiger partial charge in [-0.2, -0.15) is 0 Å². The maximum atomic E-state index is 4.27. The highest BCUT2D eigenvalue weighted by Gasteiger charge is 2.02. The second-order valence-electron chi connectivity index (χ2n) is 5.01. The van der Waals surface area contributed by atoms with E-state index in [1.165, 1.54) is 18.4 Å². The fraction of sp³-hybridized carbons (Fsp3) is 0.375. The van der Waals surface area contributed by atoms with Crippen molar-refractivity contribution in [1.82, 2.24) is 9.97 Å². The van der Waals surface area contributed by atoms with E-state index >= 15 is 0 Å². The predicted octanol–water partition coefficient (Wildman–Crippen LogP) is 4.89. The first-order chi connectivity index (χ1) is 10.2. The maximum absolute atomic E-state index is 4.27. The van der Waals surface area contributed by atoms with Crippen LogP contribution in [0.2, 0.25) is 0 Å². The van der Waals surface area contributed by atoms with E-state index in [0.29, 0.717) is 0 Å². The highest BCUT2D eigenvalue weighted by Crippen LogP contribution is 2.23. The molecule has 0 fully saturated rings. The van der Waals surface area contributed by atoms with Crippen LogP contribution in [0.25, 0.3) is 0 Å². The summed E-state index contributed by atoms with van der Waals surface area (Å²) in [6.07, 6.45) is 5.20. The number of aromatic nitrogens is 2. The van der Waals surface area contributed by atoms with Crippen LogP contribution in [0.5, 0.6) is 0 Å². The molecule has 0 amide bonds. The van der Waals surface area contributed by atoms with Gasteiger partial charge in [-0.3, -0.25) is 0 Å². The molecule has 0 aliphatic heterocycles. The van der Waals surface area contributed by atoms with Gasteiger partial charge < -0.3 is 10.6 Å². The SMILES string of the molecule is CCCCCNc1cc(Nc2ccc(Br)cc2C)ncn1.